The molecule has 0 atom stereocenters. The number of aromatic nitrogens is 1. The third-order valence-corrected chi connectivity index (χ3v) is 8.02. The molecule has 0 amide bonds. The third kappa shape index (κ3) is 5.44. The van der Waals surface area contributed by atoms with Crippen molar-refractivity contribution in [3.8, 4) is 34.6 Å². The fourth-order valence-corrected chi connectivity index (χ4v) is 5.95. The summed E-state index contributed by atoms with van der Waals surface area (Å²) in [4.78, 5) is 0. The summed E-state index contributed by atoms with van der Waals surface area (Å²) in [5.74, 6) is 2.25. The van der Waals surface area contributed by atoms with Gasteiger partial charge in [0, 0.05) is 17.3 Å². The Bertz CT molecular complexity index is 2290. The summed E-state index contributed by atoms with van der Waals surface area (Å²) in [6.45, 7) is 4.30. The number of pyridine rings is 1. The quantitative estimate of drug-likeness (QED) is 0.122. The summed E-state index contributed by atoms with van der Waals surface area (Å²) in [7, 11) is 0. The Morgan fingerprint density at radius 2 is 1.23 bits per heavy atom. The maximum Gasteiger partial charge on any atom is 0.134 e. The first-order valence-electron chi connectivity index (χ1n) is 14.9. The lowest BCUT2D eigenvalue weighted by atomic mass is 9.95. The van der Waals surface area contributed by atoms with Crippen LogP contribution < -0.4 is 5.49 Å². The first-order chi connectivity index (χ1) is 21.6. The van der Waals surface area contributed by atoms with Crippen LogP contribution in [0.2, 0.25) is 0 Å². The predicted octanol–water partition coefficient (Wildman–Crippen LogP) is 10.7. The van der Waals surface area contributed by atoms with E-state index in [9.17, 15) is 5.41 Å². The Labute approximate surface area is 258 Å². The van der Waals surface area contributed by atoms with Crippen molar-refractivity contribution in [3.05, 3.63) is 151 Å². The van der Waals surface area contributed by atoms with Crippen molar-refractivity contribution in [2.24, 2.45) is 0 Å². The van der Waals surface area contributed by atoms with Crippen molar-refractivity contribution < 1.29 is 0 Å². The van der Waals surface area contributed by atoms with Crippen LogP contribution >= 0.6 is 0 Å². The molecule has 0 bridgehead atoms. The van der Waals surface area contributed by atoms with Gasteiger partial charge in [-0.3, -0.25) is 5.41 Å². The second-order valence-corrected chi connectivity index (χ2v) is 10.8. The van der Waals surface area contributed by atoms with E-state index in [1.165, 1.54) is 32.8 Å². The summed E-state index contributed by atoms with van der Waals surface area (Å²) >= 11 is 0. The van der Waals surface area contributed by atoms with Crippen LogP contribution in [0.5, 0.6) is 0 Å². The SMILES string of the molecule is C#CC.C/C=C\C=C/Cn1c(=N)c2c3ccccc3ccc2c2ccc(-c3ccc4cc(-c5ccccc5)ccc4c3)cc21. The molecular formula is C42H34N2. The fraction of sp³-hybridized carbons (Fsp3) is 0.0714. The number of terminal acetylenes is 1. The highest BCUT2D eigenvalue weighted by molar-refractivity contribution is 6.16. The van der Waals surface area contributed by atoms with Crippen LogP contribution in [0.1, 0.15) is 13.8 Å². The molecule has 0 saturated heterocycles. The molecule has 0 aliphatic heterocycles. The van der Waals surface area contributed by atoms with E-state index in [0.29, 0.717) is 12.0 Å². The van der Waals surface area contributed by atoms with Gasteiger partial charge >= 0.3 is 0 Å². The molecule has 0 fully saturated rings. The topological polar surface area (TPSA) is 28.8 Å². The van der Waals surface area contributed by atoms with Crippen molar-refractivity contribution in [1.82, 2.24) is 4.57 Å². The van der Waals surface area contributed by atoms with E-state index in [4.69, 9.17) is 0 Å². The van der Waals surface area contributed by atoms with Gasteiger partial charge in [-0.25, -0.2) is 0 Å². The molecule has 1 aromatic heterocycles. The van der Waals surface area contributed by atoms with Gasteiger partial charge in [0.2, 0.25) is 0 Å². The lowest BCUT2D eigenvalue weighted by Gasteiger charge is -2.16. The van der Waals surface area contributed by atoms with E-state index in [0.717, 1.165) is 32.6 Å². The molecule has 0 unspecified atom stereocenters. The van der Waals surface area contributed by atoms with E-state index in [1.54, 1.807) is 6.92 Å². The number of nitrogens with zero attached hydrogens (tertiary/aromatic N) is 1. The molecule has 0 saturated carbocycles. The van der Waals surface area contributed by atoms with E-state index < -0.39 is 0 Å². The second-order valence-electron chi connectivity index (χ2n) is 10.8. The van der Waals surface area contributed by atoms with Gasteiger partial charge in [0.05, 0.1) is 5.52 Å². The number of rotatable bonds is 5. The van der Waals surface area contributed by atoms with Gasteiger partial charge in [-0.2, -0.15) is 0 Å². The zero-order valence-electron chi connectivity index (χ0n) is 25.1. The van der Waals surface area contributed by atoms with Gasteiger partial charge in [0.1, 0.15) is 5.49 Å². The summed E-state index contributed by atoms with van der Waals surface area (Å²) in [6.07, 6.45) is 12.8. The number of hydrogen-bond donors (Lipinski definition) is 1. The largest absolute Gasteiger partial charge is 0.322 e. The summed E-state index contributed by atoms with van der Waals surface area (Å²) in [6, 6.07) is 43.4. The first-order valence-corrected chi connectivity index (χ1v) is 14.9. The third-order valence-electron chi connectivity index (χ3n) is 8.02. The van der Waals surface area contributed by atoms with Crippen LogP contribution in [0, 0.1) is 17.8 Å². The lowest BCUT2D eigenvalue weighted by Crippen LogP contribution is -2.21. The van der Waals surface area contributed by atoms with E-state index in [-0.39, 0.29) is 0 Å². The highest BCUT2D eigenvalue weighted by Gasteiger charge is 2.13. The Morgan fingerprint density at radius 3 is 1.95 bits per heavy atom. The molecule has 7 aromatic rings. The van der Waals surface area contributed by atoms with Crippen LogP contribution in [0.3, 0.4) is 0 Å². The van der Waals surface area contributed by atoms with Gasteiger partial charge in [-0.05, 0) is 81.2 Å². The minimum absolute atomic E-state index is 0.540. The minimum Gasteiger partial charge on any atom is -0.322 e. The molecule has 44 heavy (non-hydrogen) atoms. The van der Waals surface area contributed by atoms with Crippen molar-refractivity contribution >= 4 is 43.2 Å². The summed E-state index contributed by atoms with van der Waals surface area (Å²) < 4.78 is 2.14. The molecule has 0 aliphatic carbocycles. The smallest absolute Gasteiger partial charge is 0.134 e. The zero-order chi connectivity index (χ0) is 30.5. The normalized spacial score (nSPS) is 11.4. The number of allylic oxidation sites excluding steroid dienone is 4. The predicted molar refractivity (Wildman–Crippen MR) is 190 cm³/mol. The highest BCUT2D eigenvalue weighted by atomic mass is 15.0. The Kier molecular flexibility index (Phi) is 8.21. The van der Waals surface area contributed by atoms with Gasteiger partial charge in [-0.1, -0.05) is 127 Å². The maximum absolute atomic E-state index is 9.37. The van der Waals surface area contributed by atoms with Gasteiger partial charge in [0.25, 0.3) is 0 Å². The number of benzene rings is 6. The van der Waals surface area contributed by atoms with Crippen LogP contribution in [-0.2, 0) is 6.54 Å². The summed E-state index contributed by atoms with van der Waals surface area (Å²) in [5, 5.41) is 17.4. The molecule has 7 rings (SSSR count). The van der Waals surface area contributed by atoms with E-state index in [1.807, 2.05) is 19.1 Å². The Morgan fingerprint density at radius 1 is 0.636 bits per heavy atom. The van der Waals surface area contributed by atoms with Crippen molar-refractivity contribution in [2.75, 3.05) is 0 Å². The molecule has 0 radical (unpaired) electrons. The van der Waals surface area contributed by atoms with Gasteiger partial charge < -0.3 is 4.57 Å². The van der Waals surface area contributed by atoms with Gasteiger partial charge in [-0.15, -0.1) is 12.3 Å². The van der Waals surface area contributed by atoms with Crippen molar-refractivity contribution in [1.29, 1.82) is 5.41 Å². The van der Waals surface area contributed by atoms with Crippen LogP contribution in [0.15, 0.2) is 146 Å². The molecule has 1 heterocycles. The molecule has 0 aliphatic rings. The first kappa shape index (κ1) is 28.5. The van der Waals surface area contributed by atoms with Crippen LogP contribution in [-0.4, -0.2) is 4.57 Å². The van der Waals surface area contributed by atoms with Crippen LogP contribution in [0.4, 0.5) is 0 Å². The highest BCUT2D eigenvalue weighted by Crippen LogP contribution is 2.33. The maximum atomic E-state index is 9.37. The monoisotopic (exact) mass is 566 g/mol. The average Bonchev–Trinajstić information content (AvgIpc) is 3.07. The van der Waals surface area contributed by atoms with Crippen molar-refractivity contribution in [3.63, 3.8) is 0 Å². The molecule has 2 nitrogen and oxygen atoms in total. The average molecular weight is 567 g/mol. The standard InChI is InChI=1S/C39H30N2.C3H4/c1-2-3-4-10-23-41-37-26-33(20-21-35(37)36-22-19-28-13-8-9-14-34(28)38(36)39(41)40)32-18-17-30-24-29(15-16-31(30)25-32)27-11-6-5-7-12-27;1-3-2/h2-22,24-26,40H,23H2,1H3;1H,2H3/b3-2-,10-4-,40-39?;. The summed E-state index contributed by atoms with van der Waals surface area (Å²) in [5.41, 5.74) is 6.39. The molecule has 2 heteroatoms. The van der Waals surface area contributed by atoms with E-state index in [2.05, 4.69) is 150 Å². The fourth-order valence-electron chi connectivity index (χ4n) is 5.95. The molecule has 6 aromatic carbocycles. The lowest BCUT2D eigenvalue weighted by molar-refractivity contribution is 0.794. The molecule has 1 N–H and O–H groups in total. The van der Waals surface area contributed by atoms with Crippen LogP contribution in [0.25, 0.3) is 65.5 Å². The number of fused-ring (bicyclic) bond motifs is 6. The Balaban J connectivity index is 0.00000110. The Hall–Kier alpha value is -5.65. The number of nitrogens with one attached hydrogen (secondary N) is 1. The molecule has 0 spiro atoms. The van der Waals surface area contributed by atoms with E-state index >= 15 is 0 Å². The van der Waals surface area contributed by atoms with Gasteiger partial charge in [0.15, 0.2) is 0 Å². The minimum atomic E-state index is 0.540. The number of hydrogen-bond acceptors (Lipinski definition) is 1. The second kappa shape index (κ2) is 12.7. The van der Waals surface area contributed by atoms with Crippen molar-refractivity contribution in [2.45, 2.75) is 20.4 Å². The zero-order valence-corrected chi connectivity index (χ0v) is 25.1. The molecule has 212 valence electrons. The molecular weight excluding hydrogens is 532 g/mol.